The zero-order chi connectivity index (χ0) is 19.3. The lowest BCUT2D eigenvalue weighted by atomic mass is 9.80. The van der Waals surface area contributed by atoms with Crippen LogP contribution in [0.3, 0.4) is 0 Å². The molecule has 148 valence electrons. The number of methoxy groups -OCH3 is 1. The molecule has 2 aliphatic heterocycles. The average molecular weight is 399 g/mol. The highest BCUT2D eigenvalue weighted by molar-refractivity contribution is 7.10. The van der Waals surface area contributed by atoms with E-state index in [0.29, 0.717) is 18.7 Å². The molecule has 1 amide bonds. The summed E-state index contributed by atoms with van der Waals surface area (Å²) in [6, 6.07) is 3.88. The Morgan fingerprint density at radius 1 is 1.29 bits per heavy atom. The topological polar surface area (TPSA) is 62.7 Å². The minimum absolute atomic E-state index is 0.0697. The summed E-state index contributed by atoms with van der Waals surface area (Å²) in [7, 11) is 1.59. The number of thiophene rings is 1. The molecule has 2 aromatic heterocycles. The van der Waals surface area contributed by atoms with Gasteiger partial charge in [0.2, 0.25) is 5.88 Å². The molecule has 3 aliphatic rings. The van der Waals surface area contributed by atoms with Crippen LogP contribution in [0.5, 0.6) is 5.88 Å². The van der Waals surface area contributed by atoms with Crippen LogP contribution in [0.2, 0.25) is 0 Å². The van der Waals surface area contributed by atoms with Crippen LogP contribution in [0.4, 0.5) is 0 Å². The summed E-state index contributed by atoms with van der Waals surface area (Å²) in [6.07, 6.45) is 9.22. The van der Waals surface area contributed by atoms with Gasteiger partial charge in [0.15, 0.2) is 0 Å². The molecule has 0 saturated carbocycles. The number of piperidine rings is 1. The third kappa shape index (κ3) is 2.77. The Hall–Kier alpha value is -1.92. The van der Waals surface area contributed by atoms with Gasteiger partial charge in [-0.3, -0.25) is 4.79 Å². The number of fused-ring (bicyclic) bond motifs is 3. The number of hydrogen-bond donors (Lipinski definition) is 1. The molecule has 4 heterocycles. The van der Waals surface area contributed by atoms with Crippen LogP contribution in [-0.2, 0) is 18.4 Å². The predicted molar refractivity (Wildman–Crippen MR) is 108 cm³/mol. The van der Waals surface area contributed by atoms with Crippen molar-refractivity contribution in [1.82, 2.24) is 9.88 Å². The van der Waals surface area contributed by atoms with Gasteiger partial charge in [-0.1, -0.05) is 0 Å². The lowest BCUT2D eigenvalue weighted by molar-refractivity contribution is -0.0494. The molecule has 1 N–H and O–H groups in total. The van der Waals surface area contributed by atoms with Gasteiger partial charge >= 0.3 is 0 Å². The summed E-state index contributed by atoms with van der Waals surface area (Å²) in [6.45, 7) is 0. The third-order valence-electron chi connectivity index (χ3n) is 6.76. The summed E-state index contributed by atoms with van der Waals surface area (Å²) < 4.78 is 5.40. The fraction of sp³-hybridized carbons (Fsp3) is 0.545. The van der Waals surface area contributed by atoms with Gasteiger partial charge in [0.1, 0.15) is 0 Å². The zero-order valence-corrected chi connectivity index (χ0v) is 17.0. The monoisotopic (exact) mass is 398 g/mol. The minimum atomic E-state index is -0.990. The zero-order valence-electron chi connectivity index (χ0n) is 16.2. The molecular weight excluding hydrogens is 372 g/mol. The van der Waals surface area contributed by atoms with Gasteiger partial charge in [-0.2, -0.15) is 0 Å². The first-order chi connectivity index (χ1) is 13.6. The molecule has 0 spiro atoms. The lowest BCUT2D eigenvalue weighted by Gasteiger charge is -2.44. The molecule has 2 fully saturated rings. The third-order valence-corrected chi connectivity index (χ3v) is 7.85. The summed E-state index contributed by atoms with van der Waals surface area (Å²) >= 11 is 1.75. The second kappa shape index (κ2) is 6.85. The number of carbonyl (C=O) groups is 1. The SMILES string of the molecule is COc1ncccc1C1(O)C[C@H]2CC[C@H](C1)N2C(=O)c1csc2c1CCCC2. The first-order valence-corrected chi connectivity index (χ1v) is 11.1. The Morgan fingerprint density at radius 3 is 2.79 bits per heavy atom. The fourth-order valence-corrected chi connectivity index (χ4v) is 6.62. The maximum absolute atomic E-state index is 13.5. The summed E-state index contributed by atoms with van der Waals surface area (Å²) in [4.78, 5) is 21.2. The number of aryl methyl sites for hydroxylation is 1. The first kappa shape index (κ1) is 18.1. The highest BCUT2D eigenvalue weighted by Gasteiger charge is 2.51. The Labute approximate surface area is 169 Å². The molecule has 0 aromatic carbocycles. The van der Waals surface area contributed by atoms with Crippen LogP contribution in [0.15, 0.2) is 23.7 Å². The molecule has 6 heteroatoms. The highest BCUT2D eigenvalue weighted by Crippen LogP contribution is 2.48. The van der Waals surface area contributed by atoms with Crippen molar-refractivity contribution < 1.29 is 14.6 Å². The normalized spacial score (nSPS) is 28.9. The number of aliphatic hydroxyl groups is 1. The van der Waals surface area contributed by atoms with Gasteiger partial charge in [-0.25, -0.2) is 4.98 Å². The standard InChI is InChI=1S/C22H26N2O3S/c1-27-20-18(6-4-10-23-20)22(26)11-14-8-9-15(12-22)24(14)21(25)17-13-28-19-7-3-2-5-16(17)19/h4,6,10,13-15,26H,2-3,5,7-9,11-12H2,1H3/t14-,15-/m1/s1. The molecule has 2 atom stereocenters. The van der Waals surface area contributed by atoms with Gasteiger partial charge in [-0.15, -0.1) is 11.3 Å². The Bertz CT molecular complexity index is 895. The number of ether oxygens (including phenoxy) is 1. The first-order valence-electron chi connectivity index (χ1n) is 10.2. The number of amides is 1. The number of hydrogen-bond acceptors (Lipinski definition) is 5. The van der Waals surface area contributed by atoms with E-state index in [0.717, 1.165) is 36.8 Å². The average Bonchev–Trinajstić information content (AvgIpc) is 3.27. The van der Waals surface area contributed by atoms with Gasteiger partial charge in [0.05, 0.1) is 18.3 Å². The van der Waals surface area contributed by atoms with Crippen LogP contribution in [0.1, 0.15) is 64.9 Å². The van der Waals surface area contributed by atoms with E-state index in [9.17, 15) is 9.90 Å². The van der Waals surface area contributed by atoms with Crippen LogP contribution < -0.4 is 4.74 Å². The van der Waals surface area contributed by atoms with Crippen molar-refractivity contribution in [2.45, 2.75) is 69.1 Å². The number of rotatable bonds is 3. The predicted octanol–water partition coefficient (Wildman–Crippen LogP) is 3.69. The van der Waals surface area contributed by atoms with E-state index in [1.807, 2.05) is 12.1 Å². The van der Waals surface area contributed by atoms with E-state index in [2.05, 4.69) is 15.3 Å². The minimum Gasteiger partial charge on any atom is -0.481 e. The summed E-state index contributed by atoms with van der Waals surface area (Å²) in [5.74, 6) is 0.656. The van der Waals surface area contributed by atoms with Crippen LogP contribution in [-0.4, -0.2) is 40.1 Å². The van der Waals surface area contributed by atoms with E-state index in [1.54, 1.807) is 24.6 Å². The van der Waals surface area contributed by atoms with Crippen molar-refractivity contribution in [3.05, 3.63) is 45.3 Å². The molecule has 5 nitrogen and oxygen atoms in total. The van der Waals surface area contributed by atoms with E-state index in [-0.39, 0.29) is 18.0 Å². The van der Waals surface area contributed by atoms with Crippen LogP contribution in [0.25, 0.3) is 0 Å². The quantitative estimate of drug-likeness (QED) is 0.857. The van der Waals surface area contributed by atoms with Crippen molar-refractivity contribution in [3.8, 4) is 5.88 Å². The number of carbonyl (C=O) groups excluding carboxylic acids is 1. The molecule has 0 unspecified atom stereocenters. The smallest absolute Gasteiger partial charge is 0.255 e. The maximum Gasteiger partial charge on any atom is 0.255 e. The van der Waals surface area contributed by atoms with E-state index < -0.39 is 5.60 Å². The Kier molecular flexibility index (Phi) is 4.43. The number of nitrogens with zero attached hydrogens (tertiary/aromatic N) is 2. The number of aromatic nitrogens is 1. The van der Waals surface area contributed by atoms with Gasteiger partial charge in [0.25, 0.3) is 5.91 Å². The molecule has 0 radical (unpaired) electrons. The molecule has 28 heavy (non-hydrogen) atoms. The van der Waals surface area contributed by atoms with Gasteiger partial charge in [0, 0.05) is 46.9 Å². The summed E-state index contributed by atoms with van der Waals surface area (Å²) in [5, 5.41) is 13.6. The van der Waals surface area contributed by atoms with Crippen molar-refractivity contribution in [1.29, 1.82) is 0 Å². The number of pyridine rings is 1. The second-order valence-electron chi connectivity index (χ2n) is 8.36. The van der Waals surface area contributed by atoms with E-state index in [1.165, 1.54) is 23.3 Å². The Morgan fingerprint density at radius 2 is 2.04 bits per heavy atom. The van der Waals surface area contributed by atoms with Gasteiger partial charge < -0.3 is 14.7 Å². The van der Waals surface area contributed by atoms with Gasteiger partial charge in [-0.05, 0) is 56.2 Å². The lowest BCUT2D eigenvalue weighted by Crippen LogP contribution is -2.52. The van der Waals surface area contributed by atoms with Crippen LogP contribution >= 0.6 is 11.3 Å². The second-order valence-corrected chi connectivity index (χ2v) is 9.32. The maximum atomic E-state index is 13.5. The van der Waals surface area contributed by atoms with Crippen molar-refractivity contribution in [2.75, 3.05) is 7.11 Å². The van der Waals surface area contributed by atoms with E-state index >= 15 is 0 Å². The highest BCUT2D eigenvalue weighted by atomic mass is 32.1. The summed E-state index contributed by atoms with van der Waals surface area (Å²) in [5.41, 5.74) is 1.96. The fourth-order valence-electron chi connectivity index (χ4n) is 5.50. The van der Waals surface area contributed by atoms with Crippen molar-refractivity contribution in [3.63, 3.8) is 0 Å². The molecular formula is C22H26N2O3S. The largest absolute Gasteiger partial charge is 0.481 e. The molecule has 2 saturated heterocycles. The molecule has 2 aromatic rings. The molecule has 1 aliphatic carbocycles. The van der Waals surface area contributed by atoms with Crippen molar-refractivity contribution in [2.24, 2.45) is 0 Å². The molecule has 2 bridgehead atoms. The van der Waals surface area contributed by atoms with E-state index in [4.69, 9.17) is 4.74 Å². The molecule has 5 rings (SSSR count). The Balaban J connectivity index is 1.43. The van der Waals surface area contributed by atoms with Crippen LogP contribution in [0, 0.1) is 0 Å². The van der Waals surface area contributed by atoms with Crippen molar-refractivity contribution >= 4 is 17.2 Å².